The summed E-state index contributed by atoms with van der Waals surface area (Å²) in [6.45, 7) is 14.5. The lowest BCUT2D eigenvalue weighted by molar-refractivity contribution is -0.213. The van der Waals surface area contributed by atoms with Crippen molar-refractivity contribution >= 4 is 48.5 Å². The van der Waals surface area contributed by atoms with E-state index in [1.807, 2.05) is 52.0 Å². The van der Waals surface area contributed by atoms with Gasteiger partial charge in [-0.3, -0.25) is 0 Å². The smallest absolute Gasteiger partial charge is 0.428 e. The van der Waals surface area contributed by atoms with Gasteiger partial charge in [-0.2, -0.15) is 19.2 Å². The van der Waals surface area contributed by atoms with Crippen molar-refractivity contribution in [2.75, 3.05) is 0 Å². The lowest BCUT2D eigenvalue weighted by atomic mass is 9.45. The van der Waals surface area contributed by atoms with Gasteiger partial charge in [0.05, 0.1) is 22.3 Å². The predicted molar refractivity (Wildman–Crippen MR) is 301 cm³/mol. The van der Waals surface area contributed by atoms with E-state index in [2.05, 4.69) is 0 Å². The van der Waals surface area contributed by atoms with E-state index in [0.29, 0.717) is 125 Å². The van der Waals surface area contributed by atoms with E-state index in [-0.39, 0.29) is 45.9 Å². The lowest BCUT2D eigenvalue weighted by Crippen LogP contribution is -2.54. The first-order valence-electron chi connectivity index (χ1n) is 29.4. The van der Waals surface area contributed by atoms with Crippen molar-refractivity contribution in [1.82, 2.24) is 0 Å². The summed E-state index contributed by atoms with van der Waals surface area (Å²) in [6, 6.07) is 20.6. The van der Waals surface area contributed by atoms with E-state index in [9.17, 15) is 38.4 Å². The molecule has 4 fully saturated rings. The van der Waals surface area contributed by atoms with Crippen molar-refractivity contribution in [1.29, 1.82) is 0 Å². The molecule has 4 aromatic carbocycles. The fraction of sp³-hybridized carbons (Fsp3) is 0.508. The van der Waals surface area contributed by atoms with Crippen LogP contribution in [-0.2, 0) is 58.0 Å². The summed E-state index contributed by atoms with van der Waals surface area (Å²) in [5.74, 6) is -3.12. The van der Waals surface area contributed by atoms with Gasteiger partial charge in [-0.05, 0) is 256 Å². The zero-order chi connectivity index (χ0) is 61.0. The van der Waals surface area contributed by atoms with Gasteiger partial charge in [-0.15, -0.1) is 0 Å². The van der Waals surface area contributed by atoms with E-state index < -0.39 is 78.3 Å². The Morgan fingerprint density at radius 2 is 0.471 bits per heavy atom. The highest BCUT2D eigenvalue weighted by Gasteiger charge is 2.57. The highest BCUT2D eigenvalue weighted by atomic mass is 17.3. The molecule has 4 aliphatic rings. The summed E-state index contributed by atoms with van der Waals surface area (Å²) in [6.07, 6.45) is 2.03. The monoisotopic (exact) mass is 1180 g/mol. The third kappa shape index (κ3) is 15.4. The Labute approximate surface area is 494 Å². The minimum Gasteiger partial charge on any atom is -0.428 e. The van der Waals surface area contributed by atoms with Crippen LogP contribution in [0.3, 0.4) is 0 Å². The minimum atomic E-state index is -1.14. The third-order valence-corrected chi connectivity index (χ3v) is 18.6. The Hall–Kier alpha value is -8.16. The molecule has 0 atom stereocenters. The van der Waals surface area contributed by atoms with E-state index in [0.717, 1.165) is 22.3 Å². The topological polar surface area (TPSA) is 247 Å². The summed E-state index contributed by atoms with van der Waals surface area (Å²) < 4.78 is 23.1. The first-order valence-corrected chi connectivity index (χ1v) is 29.4. The van der Waals surface area contributed by atoms with Crippen molar-refractivity contribution in [2.24, 2.45) is 29.1 Å². The van der Waals surface area contributed by atoms with Crippen LogP contribution < -0.4 is 0 Å². The molecule has 0 N–H and O–H groups in total. The van der Waals surface area contributed by atoms with Crippen LogP contribution in [0.2, 0.25) is 0 Å². The molecule has 0 saturated heterocycles. The average Bonchev–Trinajstić information content (AvgIpc) is 1.01. The standard InChI is InChI=1S/C65H76O20/c1-37-13-9-17-53(41(37)5)57(66)78-82-61(70)74-49-29-21-45(22-30-49)65(46-23-31-50(32-24-46)75-62(71)83-79-58(67)54-18-10-14-38(2)42(54)6,47-25-33-51(34-26-47)76-63(72)84-80-59(68)55-19-11-15-39(3)43(55)7)48-27-35-52(36-28-48)77-64(73)85-81-60(69)56-20-12-16-40(4)44(56)8/h9-20,45-52H,21-36H2,1-8H3. The van der Waals surface area contributed by atoms with Crippen LogP contribution in [0.4, 0.5) is 19.2 Å². The highest BCUT2D eigenvalue weighted by Crippen LogP contribution is 2.63. The van der Waals surface area contributed by atoms with E-state index in [1.165, 1.54) is 0 Å². The van der Waals surface area contributed by atoms with Gasteiger partial charge in [0.2, 0.25) is 0 Å². The molecule has 4 saturated carbocycles. The number of aryl methyl sites for hydroxylation is 4. The minimum absolute atomic E-state index is 0.0521. The summed E-state index contributed by atoms with van der Waals surface area (Å²) in [5, 5.41) is 0. The second-order valence-electron chi connectivity index (χ2n) is 23.2. The third-order valence-electron chi connectivity index (χ3n) is 18.6. The highest BCUT2D eigenvalue weighted by molar-refractivity contribution is 5.93. The fourth-order valence-corrected chi connectivity index (χ4v) is 13.7. The van der Waals surface area contributed by atoms with E-state index >= 15 is 0 Å². The largest absolute Gasteiger partial charge is 0.550 e. The molecule has 4 aromatic rings. The number of carbonyl (C=O) groups excluding carboxylic acids is 8. The van der Waals surface area contributed by atoms with Crippen LogP contribution in [0.25, 0.3) is 0 Å². The van der Waals surface area contributed by atoms with Crippen LogP contribution in [-0.4, -0.2) is 72.9 Å². The summed E-state index contributed by atoms with van der Waals surface area (Å²) in [4.78, 5) is 143. The molecule has 0 bridgehead atoms. The molecular formula is C65H76O20. The maximum atomic E-state index is 13.1. The van der Waals surface area contributed by atoms with Gasteiger partial charge >= 0.3 is 48.5 Å². The van der Waals surface area contributed by atoms with E-state index in [1.54, 1.807) is 76.2 Å². The molecule has 8 rings (SSSR count). The van der Waals surface area contributed by atoms with Crippen molar-refractivity contribution in [3.63, 3.8) is 0 Å². The van der Waals surface area contributed by atoms with Crippen LogP contribution in [0.1, 0.15) is 189 Å². The van der Waals surface area contributed by atoms with Gasteiger partial charge in [0.1, 0.15) is 24.4 Å². The Bertz CT molecular complexity index is 2670. The van der Waals surface area contributed by atoms with Crippen LogP contribution in [0.5, 0.6) is 0 Å². The maximum Gasteiger partial charge on any atom is 0.550 e. The number of hydrogen-bond acceptors (Lipinski definition) is 20. The predicted octanol–water partition coefficient (Wildman–Crippen LogP) is 14.4. The second kappa shape index (κ2) is 28.6. The second-order valence-corrected chi connectivity index (χ2v) is 23.2. The van der Waals surface area contributed by atoms with Crippen molar-refractivity contribution in [3.05, 3.63) is 140 Å². The molecule has 85 heavy (non-hydrogen) atoms. The SMILES string of the molecule is Cc1cccc(C(=O)OOC(=O)OC2CCC(C(C3CCC(OC(=O)OOC(=O)c4cccc(C)c4C)CC3)(C3CCC(OC(=O)OOC(=O)c4cccc(C)c4C)CC3)C3CCC(OC(=O)OOC(=O)c4cccc(C)c4C)CC3)CC2)c1C. The summed E-state index contributed by atoms with van der Waals surface area (Å²) in [7, 11) is 0. The van der Waals surface area contributed by atoms with Crippen molar-refractivity contribution in [2.45, 2.75) is 183 Å². The Kier molecular flexibility index (Phi) is 21.2. The molecule has 0 unspecified atom stereocenters. The van der Waals surface area contributed by atoms with Crippen molar-refractivity contribution < 1.29 is 96.4 Å². The molecule has 0 aliphatic heterocycles. The van der Waals surface area contributed by atoms with Crippen LogP contribution in [0.15, 0.2) is 72.8 Å². The molecular weight excluding hydrogens is 1100 g/mol. The number of rotatable bonds is 12. The van der Waals surface area contributed by atoms with Gasteiger partial charge in [-0.25, -0.2) is 58.3 Å². The molecule has 0 aromatic heterocycles. The normalized spacial score (nSPS) is 22.8. The number of carbonyl (C=O) groups is 8. The van der Waals surface area contributed by atoms with Crippen LogP contribution >= 0.6 is 0 Å². The summed E-state index contributed by atoms with van der Waals surface area (Å²) >= 11 is 0. The zero-order valence-electron chi connectivity index (χ0n) is 49.5. The molecule has 4 aliphatic carbocycles. The first kappa shape index (κ1) is 62.9. The molecule has 0 radical (unpaired) electrons. The molecule has 0 spiro atoms. The van der Waals surface area contributed by atoms with Gasteiger partial charge in [0.25, 0.3) is 0 Å². The average molecular weight is 1180 g/mol. The molecule has 20 heteroatoms. The summed E-state index contributed by atoms with van der Waals surface area (Å²) in [5.41, 5.74) is 6.81. The maximum absolute atomic E-state index is 13.1. The number of hydrogen-bond donors (Lipinski definition) is 0. The molecule has 456 valence electrons. The van der Waals surface area contributed by atoms with Gasteiger partial charge < -0.3 is 18.9 Å². The van der Waals surface area contributed by atoms with Gasteiger partial charge in [-0.1, -0.05) is 48.5 Å². The first-order chi connectivity index (χ1) is 40.7. The zero-order valence-corrected chi connectivity index (χ0v) is 49.5. The molecule has 20 nitrogen and oxygen atoms in total. The Morgan fingerprint density at radius 3 is 0.659 bits per heavy atom. The number of benzene rings is 4. The quantitative estimate of drug-likeness (QED) is 0.0553. The van der Waals surface area contributed by atoms with E-state index in [4.69, 9.17) is 58.0 Å². The lowest BCUT2D eigenvalue weighted by Gasteiger charge is -2.60. The van der Waals surface area contributed by atoms with Crippen LogP contribution in [0, 0.1) is 84.5 Å². The number of ether oxygens (including phenoxy) is 4. The van der Waals surface area contributed by atoms with Crippen molar-refractivity contribution in [3.8, 4) is 0 Å². The molecule has 0 heterocycles. The Morgan fingerprint density at radius 1 is 0.282 bits per heavy atom. The van der Waals surface area contributed by atoms with Gasteiger partial charge in [0.15, 0.2) is 0 Å². The van der Waals surface area contributed by atoms with Gasteiger partial charge in [0, 0.05) is 0 Å². The molecule has 0 amide bonds. The fourth-order valence-electron chi connectivity index (χ4n) is 13.7. The Balaban J connectivity index is 0.983.